The Balaban J connectivity index is 1.32. The van der Waals surface area contributed by atoms with Crippen molar-refractivity contribution in [3.05, 3.63) is 89.1 Å². The first-order valence-electron chi connectivity index (χ1n) is 9.27. The quantitative estimate of drug-likeness (QED) is 0.473. The summed E-state index contributed by atoms with van der Waals surface area (Å²) in [5.74, 6) is 0.108. The molecule has 2 heterocycles. The minimum Gasteiger partial charge on any atom is -0.305 e. The van der Waals surface area contributed by atoms with Gasteiger partial charge in [0.15, 0.2) is 5.82 Å². The van der Waals surface area contributed by atoms with Crippen LogP contribution in [0.2, 0.25) is 5.02 Å². The zero-order chi connectivity index (χ0) is 20.5. The molecule has 5 aromatic rings. The lowest BCUT2D eigenvalue weighted by Crippen LogP contribution is -2.13. The van der Waals surface area contributed by atoms with E-state index in [9.17, 15) is 4.79 Å². The van der Waals surface area contributed by atoms with Gasteiger partial charge in [0.25, 0.3) is 5.91 Å². The van der Waals surface area contributed by atoms with Crippen LogP contribution in [0.3, 0.4) is 0 Å². The molecule has 0 unspecified atom stereocenters. The highest BCUT2D eigenvalue weighted by atomic mass is 35.5. The summed E-state index contributed by atoms with van der Waals surface area (Å²) < 4.78 is 1.83. The first-order valence-corrected chi connectivity index (χ1v) is 9.65. The van der Waals surface area contributed by atoms with Crippen LogP contribution in [0.4, 0.5) is 5.82 Å². The van der Waals surface area contributed by atoms with Crippen LogP contribution in [0.25, 0.3) is 22.1 Å². The third-order valence-electron chi connectivity index (χ3n) is 4.73. The Morgan fingerprint density at radius 3 is 2.63 bits per heavy atom. The fraction of sp³-hybridized carbons (Fsp3) is 0.0455. The predicted molar refractivity (Wildman–Crippen MR) is 116 cm³/mol. The van der Waals surface area contributed by atoms with Crippen molar-refractivity contribution < 1.29 is 4.79 Å². The number of carbonyl (C=O) groups excluding carboxylic acids is 1. The van der Waals surface area contributed by atoms with Crippen LogP contribution in [-0.2, 0) is 6.54 Å². The minimum absolute atomic E-state index is 0.261. The lowest BCUT2D eigenvalue weighted by atomic mass is 10.1. The molecular weight excluding hydrogens is 400 g/mol. The SMILES string of the molecule is O=C(Nc1cnc2c(Cl)cccc2n1)c1ccc(Cn2nnc3ccccc32)cc1. The van der Waals surface area contributed by atoms with Crippen LogP contribution >= 0.6 is 11.6 Å². The van der Waals surface area contributed by atoms with Gasteiger partial charge >= 0.3 is 0 Å². The molecule has 0 fully saturated rings. The molecule has 7 nitrogen and oxygen atoms in total. The molecule has 0 saturated carbocycles. The monoisotopic (exact) mass is 414 g/mol. The number of amides is 1. The van der Waals surface area contributed by atoms with E-state index >= 15 is 0 Å². The second-order valence-corrected chi connectivity index (χ2v) is 7.16. The van der Waals surface area contributed by atoms with Gasteiger partial charge in [-0.2, -0.15) is 0 Å². The molecule has 30 heavy (non-hydrogen) atoms. The van der Waals surface area contributed by atoms with Gasteiger partial charge in [-0.25, -0.2) is 14.6 Å². The average Bonchev–Trinajstić information content (AvgIpc) is 3.17. The Kier molecular flexibility index (Phi) is 4.57. The third kappa shape index (κ3) is 3.46. The van der Waals surface area contributed by atoms with Crippen LogP contribution in [0.15, 0.2) is 72.9 Å². The van der Waals surface area contributed by atoms with Crippen molar-refractivity contribution in [1.29, 1.82) is 0 Å². The van der Waals surface area contributed by atoms with Gasteiger partial charge in [0, 0.05) is 5.56 Å². The van der Waals surface area contributed by atoms with E-state index in [4.69, 9.17) is 11.6 Å². The van der Waals surface area contributed by atoms with Crippen molar-refractivity contribution >= 4 is 45.4 Å². The zero-order valence-electron chi connectivity index (χ0n) is 15.7. The van der Waals surface area contributed by atoms with Crippen molar-refractivity contribution in [1.82, 2.24) is 25.0 Å². The number of hydrogen-bond acceptors (Lipinski definition) is 5. The van der Waals surface area contributed by atoms with Crippen LogP contribution in [0, 0.1) is 0 Å². The molecule has 0 radical (unpaired) electrons. The van der Waals surface area contributed by atoms with Crippen LogP contribution in [0.1, 0.15) is 15.9 Å². The second kappa shape index (κ2) is 7.53. The predicted octanol–water partition coefficient (Wildman–Crippen LogP) is 4.33. The summed E-state index contributed by atoms with van der Waals surface area (Å²) in [6.45, 7) is 0.569. The van der Waals surface area contributed by atoms with Crippen molar-refractivity contribution in [3.63, 3.8) is 0 Å². The smallest absolute Gasteiger partial charge is 0.256 e. The maximum absolute atomic E-state index is 12.6. The molecule has 0 saturated heterocycles. The van der Waals surface area contributed by atoms with Gasteiger partial charge in [-0.3, -0.25) is 4.79 Å². The molecule has 0 spiro atoms. The maximum Gasteiger partial charge on any atom is 0.256 e. The van der Waals surface area contributed by atoms with E-state index in [1.807, 2.05) is 41.1 Å². The number of anilines is 1. The number of halogens is 1. The fourth-order valence-electron chi connectivity index (χ4n) is 3.22. The van der Waals surface area contributed by atoms with E-state index in [0.29, 0.717) is 34.0 Å². The van der Waals surface area contributed by atoms with Gasteiger partial charge in [0.2, 0.25) is 0 Å². The van der Waals surface area contributed by atoms with E-state index in [1.54, 1.807) is 30.3 Å². The Labute approximate surface area is 176 Å². The van der Waals surface area contributed by atoms with Gasteiger partial charge in [-0.05, 0) is 42.0 Å². The molecule has 5 rings (SSSR count). The van der Waals surface area contributed by atoms with Gasteiger partial charge in [0.1, 0.15) is 11.0 Å². The highest BCUT2D eigenvalue weighted by Gasteiger charge is 2.10. The molecule has 146 valence electrons. The van der Waals surface area contributed by atoms with Crippen molar-refractivity contribution in [2.75, 3.05) is 5.32 Å². The molecular formula is C22H15ClN6O. The largest absolute Gasteiger partial charge is 0.305 e. The second-order valence-electron chi connectivity index (χ2n) is 6.75. The Morgan fingerprint density at radius 1 is 0.967 bits per heavy atom. The molecule has 1 amide bonds. The van der Waals surface area contributed by atoms with Crippen LogP contribution in [0.5, 0.6) is 0 Å². The summed E-state index contributed by atoms with van der Waals surface area (Å²) in [5.41, 5.74) is 4.58. The lowest BCUT2D eigenvalue weighted by Gasteiger charge is -2.07. The molecule has 3 aromatic carbocycles. The average molecular weight is 415 g/mol. The molecule has 0 aliphatic heterocycles. The van der Waals surface area contributed by atoms with E-state index in [1.165, 1.54) is 6.20 Å². The fourth-order valence-corrected chi connectivity index (χ4v) is 3.44. The summed E-state index contributed by atoms with van der Waals surface area (Å²) in [6, 6.07) is 20.5. The summed E-state index contributed by atoms with van der Waals surface area (Å²) in [7, 11) is 0. The Morgan fingerprint density at radius 2 is 1.77 bits per heavy atom. The number of benzene rings is 3. The minimum atomic E-state index is -0.261. The number of aromatic nitrogens is 5. The van der Waals surface area contributed by atoms with E-state index in [2.05, 4.69) is 25.6 Å². The van der Waals surface area contributed by atoms with Crippen LogP contribution < -0.4 is 5.32 Å². The summed E-state index contributed by atoms with van der Waals surface area (Å²) >= 11 is 6.11. The number of nitrogens with one attached hydrogen (secondary N) is 1. The number of para-hydroxylation sites is 2. The summed E-state index contributed by atoms with van der Waals surface area (Å²) in [5, 5.41) is 11.7. The van der Waals surface area contributed by atoms with Gasteiger partial charge in [-0.1, -0.05) is 47.1 Å². The zero-order valence-corrected chi connectivity index (χ0v) is 16.4. The van der Waals surface area contributed by atoms with E-state index in [0.717, 1.165) is 16.6 Å². The Bertz CT molecular complexity index is 1380. The normalized spacial score (nSPS) is 11.1. The molecule has 8 heteroatoms. The van der Waals surface area contributed by atoms with Crippen molar-refractivity contribution in [3.8, 4) is 0 Å². The maximum atomic E-state index is 12.6. The third-order valence-corrected chi connectivity index (χ3v) is 5.04. The lowest BCUT2D eigenvalue weighted by molar-refractivity contribution is 0.102. The van der Waals surface area contributed by atoms with E-state index < -0.39 is 0 Å². The van der Waals surface area contributed by atoms with Crippen LogP contribution in [-0.4, -0.2) is 30.9 Å². The summed E-state index contributed by atoms with van der Waals surface area (Å²) in [6.07, 6.45) is 1.50. The molecule has 1 N–H and O–H groups in total. The first kappa shape index (κ1) is 18.2. The number of hydrogen-bond donors (Lipinski definition) is 1. The molecule has 2 aromatic heterocycles. The van der Waals surface area contributed by atoms with Crippen molar-refractivity contribution in [2.45, 2.75) is 6.54 Å². The van der Waals surface area contributed by atoms with Gasteiger partial charge in [0.05, 0.1) is 28.8 Å². The number of carbonyl (C=O) groups is 1. The van der Waals surface area contributed by atoms with Crippen molar-refractivity contribution in [2.24, 2.45) is 0 Å². The van der Waals surface area contributed by atoms with E-state index in [-0.39, 0.29) is 5.91 Å². The first-order chi connectivity index (χ1) is 14.7. The van der Waals surface area contributed by atoms with Gasteiger partial charge < -0.3 is 5.32 Å². The Hall–Kier alpha value is -3.84. The number of rotatable bonds is 4. The highest BCUT2D eigenvalue weighted by molar-refractivity contribution is 6.34. The number of fused-ring (bicyclic) bond motifs is 2. The molecule has 0 aliphatic carbocycles. The molecule has 0 atom stereocenters. The van der Waals surface area contributed by atoms with Gasteiger partial charge in [-0.15, -0.1) is 5.10 Å². The topological polar surface area (TPSA) is 85.6 Å². The molecule has 0 bridgehead atoms. The highest BCUT2D eigenvalue weighted by Crippen LogP contribution is 2.21. The molecule has 0 aliphatic rings. The number of nitrogens with zero attached hydrogens (tertiary/aromatic N) is 5. The summed E-state index contributed by atoms with van der Waals surface area (Å²) in [4.78, 5) is 21.3. The standard InChI is InChI=1S/C22H15ClN6O/c23-16-4-3-6-18-21(16)24-12-20(25-18)26-22(30)15-10-8-14(9-11-15)13-29-19-7-2-1-5-17(19)27-28-29/h1-12H,13H2,(H,25,26,30).